The molecule has 0 spiro atoms. The molecule has 5 heteroatoms. The number of fused-ring (bicyclic) bond motifs is 1. The van der Waals surface area contributed by atoms with Crippen LogP contribution < -0.4 is 4.74 Å². The van der Waals surface area contributed by atoms with Crippen molar-refractivity contribution in [2.75, 3.05) is 13.7 Å². The largest absolute Gasteiger partial charge is 0.497 e. The first-order valence-electron chi connectivity index (χ1n) is 11.5. The van der Waals surface area contributed by atoms with Crippen LogP contribution in [0.4, 0.5) is 0 Å². The van der Waals surface area contributed by atoms with Gasteiger partial charge in [-0.2, -0.15) is 5.26 Å². The molecular weight excluding hydrogens is 426 g/mol. The van der Waals surface area contributed by atoms with Crippen molar-refractivity contribution in [2.45, 2.75) is 32.1 Å². The molecule has 3 aromatic carbocycles. The van der Waals surface area contributed by atoms with Crippen LogP contribution in [-0.4, -0.2) is 25.5 Å². The predicted octanol–water partition coefficient (Wildman–Crippen LogP) is 5.84. The number of benzene rings is 3. The third kappa shape index (κ3) is 4.20. The zero-order valence-corrected chi connectivity index (χ0v) is 19.4. The Kier molecular flexibility index (Phi) is 6.79. The van der Waals surface area contributed by atoms with Gasteiger partial charge in [0.15, 0.2) is 5.78 Å². The molecule has 34 heavy (non-hydrogen) atoms. The van der Waals surface area contributed by atoms with Crippen molar-refractivity contribution >= 4 is 28.1 Å². The molecule has 172 valence electrons. The van der Waals surface area contributed by atoms with E-state index in [2.05, 4.69) is 6.07 Å². The second-order valence-electron chi connectivity index (χ2n) is 8.48. The number of carbonyl (C=O) groups excluding carboxylic acids is 2. The molecule has 5 nitrogen and oxygen atoms in total. The fourth-order valence-corrected chi connectivity index (χ4v) is 4.90. The molecule has 0 aliphatic heterocycles. The molecule has 0 fully saturated rings. The average molecular weight is 454 g/mol. The van der Waals surface area contributed by atoms with Crippen LogP contribution in [0.25, 0.3) is 16.3 Å². The van der Waals surface area contributed by atoms with Crippen LogP contribution in [-0.2, 0) is 14.3 Å². The molecule has 2 atom stereocenters. The first-order chi connectivity index (χ1) is 16.5. The van der Waals surface area contributed by atoms with Gasteiger partial charge >= 0.3 is 5.97 Å². The van der Waals surface area contributed by atoms with Crippen LogP contribution in [0.2, 0.25) is 0 Å². The zero-order valence-electron chi connectivity index (χ0n) is 19.4. The second-order valence-corrected chi connectivity index (χ2v) is 8.48. The molecule has 0 bridgehead atoms. The lowest BCUT2D eigenvalue weighted by Gasteiger charge is -2.40. The molecule has 1 aliphatic rings. The number of ether oxygens (including phenoxy) is 2. The zero-order chi connectivity index (χ0) is 24.1. The smallest absolute Gasteiger partial charge is 0.320 e. The summed E-state index contributed by atoms with van der Waals surface area (Å²) < 4.78 is 10.7. The molecule has 0 radical (unpaired) electrons. The van der Waals surface area contributed by atoms with Gasteiger partial charge in [0.05, 0.1) is 19.8 Å². The van der Waals surface area contributed by atoms with Crippen LogP contribution in [0.5, 0.6) is 5.75 Å². The lowest BCUT2D eigenvalue weighted by atomic mass is 9.60. The molecular formula is C29H27NO4. The van der Waals surface area contributed by atoms with Gasteiger partial charge in [-0.1, -0.05) is 54.6 Å². The second kappa shape index (κ2) is 9.93. The summed E-state index contributed by atoms with van der Waals surface area (Å²) in [5, 5.41) is 11.5. The Morgan fingerprint density at radius 2 is 1.82 bits per heavy atom. The van der Waals surface area contributed by atoms with Crippen molar-refractivity contribution in [2.24, 2.45) is 5.41 Å². The van der Waals surface area contributed by atoms with E-state index in [9.17, 15) is 14.9 Å². The summed E-state index contributed by atoms with van der Waals surface area (Å²) in [6, 6.07) is 23.7. The number of hydrogen-bond donors (Lipinski definition) is 0. The third-order valence-electron chi connectivity index (χ3n) is 6.67. The van der Waals surface area contributed by atoms with E-state index < -0.39 is 17.3 Å². The number of carbonyl (C=O) groups is 2. The van der Waals surface area contributed by atoms with E-state index in [0.29, 0.717) is 6.42 Å². The standard InChI is InChI=1S/C29H27NO4/c1-3-34-28(32)29(15-6-16-30)26(23-10-9-20-7-4-5-8-22(20)17-23)18-24(19-27(29)31)21-11-13-25(33-2)14-12-21/h4-5,7-14,17,19,26H,3,6,15,18H2,1-2H3/t26-,29+/m1/s1. The molecule has 1 aliphatic carbocycles. The van der Waals surface area contributed by atoms with Crippen molar-refractivity contribution in [3.8, 4) is 11.8 Å². The first kappa shape index (κ1) is 23.3. The summed E-state index contributed by atoms with van der Waals surface area (Å²) in [6.07, 6.45) is 2.24. The van der Waals surface area contributed by atoms with Crippen molar-refractivity contribution in [1.82, 2.24) is 0 Å². The highest BCUT2D eigenvalue weighted by Gasteiger charge is 2.54. The molecule has 0 saturated carbocycles. The molecule has 0 N–H and O–H groups in total. The van der Waals surface area contributed by atoms with E-state index in [0.717, 1.165) is 33.2 Å². The van der Waals surface area contributed by atoms with Gasteiger partial charge in [0, 0.05) is 12.3 Å². The Bertz CT molecular complexity index is 1290. The van der Waals surface area contributed by atoms with Gasteiger partial charge in [-0.25, -0.2) is 0 Å². The van der Waals surface area contributed by atoms with Gasteiger partial charge in [0.25, 0.3) is 0 Å². The highest BCUT2D eigenvalue weighted by Crippen LogP contribution is 2.51. The maximum Gasteiger partial charge on any atom is 0.320 e. The highest BCUT2D eigenvalue weighted by molar-refractivity contribution is 6.14. The van der Waals surface area contributed by atoms with Gasteiger partial charge in [0.2, 0.25) is 0 Å². The van der Waals surface area contributed by atoms with Crippen molar-refractivity contribution in [1.29, 1.82) is 5.26 Å². The molecule has 4 rings (SSSR count). The molecule has 0 aromatic heterocycles. The Balaban J connectivity index is 1.88. The number of rotatable bonds is 7. The minimum absolute atomic E-state index is 0.0837. The fraction of sp³-hybridized carbons (Fsp3) is 0.276. The summed E-state index contributed by atoms with van der Waals surface area (Å²) in [5.41, 5.74) is 1.20. The van der Waals surface area contributed by atoms with Crippen LogP contribution in [0.15, 0.2) is 72.8 Å². The van der Waals surface area contributed by atoms with Crippen LogP contribution in [0.1, 0.15) is 43.2 Å². The quantitative estimate of drug-likeness (QED) is 0.332. The molecule has 0 saturated heterocycles. The van der Waals surface area contributed by atoms with E-state index >= 15 is 0 Å². The Morgan fingerprint density at radius 3 is 2.50 bits per heavy atom. The number of allylic oxidation sites excluding steroid dienone is 2. The fourth-order valence-electron chi connectivity index (χ4n) is 4.90. The highest BCUT2D eigenvalue weighted by atomic mass is 16.5. The normalized spacial score (nSPS) is 19.9. The van der Waals surface area contributed by atoms with E-state index in [1.165, 1.54) is 0 Å². The number of nitrogens with zero attached hydrogens (tertiary/aromatic N) is 1. The average Bonchev–Trinajstić information content (AvgIpc) is 2.87. The summed E-state index contributed by atoms with van der Waals surface area (Å²) in [7, 11) is 1.61. The molecule has 0 heterocycles. The number of methoxy groups -OCH3 is 1. The van der Waals surface area contributed by atoms with E-state index in [1.807, 2.05) is 66.7 Å². The Morgan fingerprint density at radius 1 is 1.09 bits per heavy atom. The summed E-state index contributed by atoms with van der Waals surface area (Å²) >= 11 is 0. The maximum absolute atomic E-state index is 13.8. The monoisotopic (exact) mass is 453 g/mol. The lowest BCUT2D eigenvalue weighted by Crippen LogP contribution is -2.47. The van der Waals surface area contributed by atoms with Gasteiger partial charge < -0.3 is 9.47 Å². The van der Waals surface area contributed by atoms with Gasteiger partial charge in [-0.15, -0.1) is 0 Å². The first-order valence-corrected chi connectivity index (χ1v) is 11.5. The molecule has 0 amide bonds. The number of ketones is 1. The third-order valence-corrected chi connectivity index (χ3v) is 6.67. The summed E-state index contributed by atoms with van der Waals surface area (Å²) in [6.45, 7) is 1.90. The SMILES string of the molecule is CCOC(=O)[C@]1(CCC#N)C(=O)C=C(c2ccc(OC)cc2)C[C@@H]1c1ccc2ccccc2c1. The molecule has 3 aromatic rings. The Labute approximate surface area is 199 Å². The van der Waals surface area contributed by atoms with Crippen LogP contribution >= 0.6 is 0 Å². The summed E-state index contributed by atoms with van der Waals surface area (Å²) in [4.78, 5) is 27.2. The minimum atomic E-state index is -1.44. The predicted molar refractivity (Wildman–Crippen MR) is 131 cm³/mol. The lowest BCUT2D eigenvalue weighted by molar-refractivity contribution is -0.161. The van der Waals surface area contributed by atoms with Gasteiger partial charge in [-0.05, 0) is 65.4 Å². The van der Waals surface area contributed by atoms with Crippen LogP contribution in [0.3, 0.4) is 0 Å². The number of nitriles is 1. The number of hydrogen-bond acceptors (Lipinski definition) is 5. The van der Waals surface area contributed by atoms with E-state index in [1.54, 1.807) is 20.1 Å². The van der Waals surface area contributed by atoms with E-state index in [4.69, 9.17) is 9.47 Å². The van der Waals surface area contributed by atoms with E-state index in [-0.39, 0.29) is 25.2 Å². The van der Waals surface area contributed by atoms with Gasteiger partial charge in [-0.3, -0.25) is 9.59 Å². The van der Waals surface area contributed by atoms with Crippen LogP contribution in [0, 0.1) is 16.7 Å². The number of esters is 1. The van der Waals surface area contributed by atoms with Crippen molar-refractivity contribution in [3.63, 3.8) is 0 Å². The van der Waals surface area contributed by atoms with Gasteiger partial charge in [0.1, 0.15) is 11.2 Å². The van der Waals surface area contributed by atoms with Crippen molar-refractivity contribution in [3.05, 3.63) is 83.9 Å². The maximum atomic E-state index is 13.8. The minimum Gasteiger partial charge on any atom is -0.497 e. The topological polar surface area (TPSA) is 76.4 Å². The Hall–Kier alpha value is -3.91. The summed E-state index contributed by atoms with van der Waals surface area (Å²) in [5.74, 6) is -0.596. The van der Waals surface area contributed by atoms with Crippen molar-refractivity contribution < 1.29 is 19.1 Å². The molecule has 0 unspecified atom stereocenters.